The minimum atomic E-state index is -1.84. The Morgan fingerprint density at radius 2 is 1.45 bits per heavy atom. The molecule has 25 nitrogen and oxygen atoms in total. The molecular weight excluding hydrogens is 1180 g/mol. The predicted octanol–water partition coefficient (Wildman–Crippen LogP) is 4.88. The van der Waals surface area contributed by atoms with E-state index in [9.17, 15) is 53.7 Å². The monoisotopic (exact) mass is 1220 g/mol. The molecule has 0 aliphatic carbocycles. The van der Waals surface area contributed by atoms with Crippen LogP contribution in [-0.2, 0) is 25.7 Å². The molecule has 82 heavy (non-hydrogen) atoms. The second-order valence-corrected chi connectivity index (χ2v) is 23.5. The van der Waals surface area contributed by atoms with Crippen molar-refractivity contribution in [2.75, 3.05) is 5.75 Å². The molecule has 6 amide bonds. The van der Waals surface area contributed by atoms with Gasteiger partial charge in [0, 0.05) is 55.5 Å². The molecule has 1 aromatic carbocycles. The lowest BCUT2D eigenvalue weighted by Gasteiger charge is -2.21. The van der Waals surface area contributed by atoms with Gasteiger partial charge in [0.05, 0.1) is 35.3 Å². The molecule has 2 aliphatic rings. The average molecular weight is 1220 g/mol. The minimum absolute atomic E-state index is 0.0405. The highest BCUT2D eigenvalue weighted by Crippen LogP contribution is 2.42. The zero-order valence-electron chi connectivity index (χ0n) is 42.7. The number of esters is 1. The van der Waals surface area contributed by atoms with Crippen LogP contribution in [0, 0.1) is 6.92 Å². The molecule has 5 atom stereocenters. The molecule has 10 rings (SSSR count). The number of thioether (sulfide) groups is 1. The van der Waals surface area contributed by atoms with E-state index in [1.54, 1.807) is 37.4 Å². The summed E-state index contributed by atoms with van der Waals surface area (Å²) in [5.74, 6) is -6.66. The maximum atomic E-state index is 14.5. The summed E-state index contributed by atoms with van der Waals surface area (Å²) in [5, 5.41) is 55.1. The summed E-state index contributed by atoms with van der Waals surface area (Å²) < 4.78 is 5.63. The summed E-state index contributed by atoms with van der Waals surface area (Å²) >= 11 is 5.73. The number of nitrogens with one attached hydrogen (secondary N) is 6. The standard InChI is InChI=1S/C51H43N13O12S6/c1-5-23-46-60-28(14-79-46)41(70)56-25-10-33(67)50(74)76-11-21-7-6-8-24-34(21)18(2)35(54-24)51(75)82-17-31(57-42(71)29-15-80-47(25)61-29)48-58-26(12-78-48)37-22(45-59-30(13-77-45)43(72)64-36(20(4)65)44(73)55-23)9-32(66)38(63-37)49-62-27(16-81-49)40(69)53-19(3)39(52)68/h5-9,12-16,20,25,31,33,36,54,65-67H,3,10-11,17H2,1-2,4H3,(H2,52,68)(H,53,69)(H,55,73)(H,56,70)(H,57,71)(H,64,72)/b23-5-/t20-,25-,31+,33?,36+/m1/s1. The fourth-order valence-electron chi connectivity index (χ4n) is 8.44. The van der Waals surface area contributed by atoms with Crippen LogP contribution in [0.1, 0.15) is 111 Å². The lowest BCUT2D eigenvalue weighted by molar-refractivity contribution is -0.155. The van der Waals surface area contributed by atoms with E-state index in [4.69, 9.17) is 20.4 Å². The number of nitrogens with two attached hydrogens (primary N) is 1. The van der Waals surface area contributed by atoms with Crippen LogP contribution in [0.4, 0.5) is 0 Å². The van der Waals surface area contributed by atoms with Gasteiger partial charge < -0.3 is 57.4 Å². The van der Waals surface area contributed by atoms with Gasteiger partial charge in [0.2, 0.25) is 11.0 Å². The van der Waals surface area contributed by atoms with Crippen LogP contribution in [0.2, 0.25) is 0 Å². The molecule has 0 spiro atoms. The fourth-order valence-corrected chi connectivity index (χ4v) is 13.6. The Labute approximate surface area is 486 Å². The number of fused-ring (bicyclic) bond motifs is 13. The Morgan fingerprint density at radius 3 is 2.17 bits per heavy atom. The summed E-state index contributed by atoms with van der Waals surface area (Å²) in [5.41, 5.74) is 6.39. The zero-order valence-corrected chi connectivity index (χ0v) is 47.6. The molecule has 1 unspecified atom stereocenters. The lowest BCUT2D eigenvalue weighted by Crippen LogP contribution is -2.52. The highest BCUT2D eigenvalue weighted by Gasteiger charge is 2.33. The number of aliphatic hydroxyl groups is 2. The van der Waals surface area contributed by atoms with Gasteiger partial charge >= 0.3 is 5.97 Å². The number of amides is 6. The van der Waals surface area contributed by atoms with E-state index in [0.717, 1.165) is 68.4 Å². The number of primary amides is 1. The molecule has 7 aromatic heterocycles. The average Bonchev–Trinajstić information content (AvgIpc) is 4.37. The van der Waals surface area contributed by atoms with Gasteiger partial charge in [-0.15, -0.1) is 56.7 Å². The quantitative estimate of drug-likeness (QED) is 0.0810. The van der Waals surface area contributed by atoms with Gasteiger partial charge in [-0.25, -0.2) is 34.7 Å². The van der Waals surface area contributed by atoms with Crippen molar-refractivity contribution in [2.45, 2.75) is 64.1 Å². The van der Waals surface area contributed by atoms with Crippen LogP contribution in [0.15, 0.2) is 69.5 Å². The van der Waals surface area contributed by atoms with Gasteiger partial charge in [-0.05, 0) is 44.0 Å². The Kier molecular flexibility index (Phi) is 16.3. The Balaban J connectivity index is 1.11. The molecule has 9 heterocycles. The number of H-pyrrole nitrogens is 1. The normalized spacial score (nSPS) is 19.2. The molecule has 0 saturated heterocycles. The van der Waals surface area contributed by atoms with Crippen LogP contribution in [-0.4, -0.2) is 121 Å². The smallest absolute Gasteiger partial charge is 0.335 e. The van der Waals surface area contributed by atoms with Crippen molar-refractivity contribution < 1.29 is 58.4 Å². The number of carbonyl (C=O) groups is 8. The van der Waals surface area contributed by atoms with E-state index < -0.39 is 89.0 Å². The number of cyclic esters (lactones) is 1. The molecule has 420 valence electrons. The van der Waals surface area contributed by atoms with Crippen molar-refractivity contribution in [3.8, 4) is 38.4 Å². The number of benzene rings is 1. The molecule has 31 heteroatoms. The van der Waals surface area contributed by atoms with Crippen molar-refractivity contribution >= 4 is 132 Å². The number of thiazole rings is 5. The van der Waals surface area contributed by atoms with E-state index >= 15 is 0 Å². The number of ether oxygens (including phenoxy) is 1. The second kappa shape index (κ2) is 23.6. The highest BCUT2D eigenvalue weighted by molar-refractivity contribution is 8.14. The number of aryl methyl sites for hydroxylation is 1. The molecule has 0 radical (unpaired) electrons. The van der Waals surface area contributed by atoms with E-state index in [1.165, 1.54) is 40.6 Å². The first-order valence-corrected chi connectivity index (χ1v) is 29.7. The lowest BCUT2D eigenvalue weighted by atomic mass is 10.1. The van der Waals surface area contributed by atoms with Gasteiger partial charge in [0.15, 0.2) is 6.10 Å². The van der Waals surface area contributed by atoms with E-state index in [2.05, 4.69) is 58.1 Å². The van der Waals surface area contributed by atoms with Gasteiger partial charge in [0.1, 0.15) is 83.3 Å². The number of hydrogen-bond donors (Lipinski definition) is 10. The van der Waals surface area contributed by atoms with Crippen LogP contribution >= 0.6 is 68.4 Å². The molecule has 12 bridgehead atoms. The summed E-state index contributed by atoms with van der Waals surface area (Å²) in [6.07, 6.45) is -2.29. The molecular formula is C51H43N13O12S6. The van der Waals surface area contributed by atoms with Crippen molar-refractivity contribution in [2.24, 2.45) is 5.73 Å². The zero-order chi connectivity index (χ0) is 58.3. The topological polar surface area (TPSA) is 386 Å². The molecule has 8 aromatic rings. The summed E-state index contributed by atoms with van der Waals surface area (Å²) in [7, 11) is 0. The number of allylic oxidation sites excluding steroid dienone is 1. The summed E-state index contributed by atoms with van der Waals surface area (Å²) in [4.78, 5) is 140. The maximum absolute atomic E-state index is 14.5. The second-order valence-electron chi connectivity index (χ2n) is 18.2. The summed E-state index contributed by atoms with van der Waals surface area (Å²) in [6.45, 7) is 7.74. The van der Waals surface area contributed by atoms with E-state index in [1.807, 2.05) is 0 Å². The Bertz CT molecular complexity index is 3990. The van der Waals surface area contributed by atoms with Crippen molar-refractivity contribution in [3.63, 3.8) is 0 Å². The van der Waals surface area contributed by atoms with Crippen molar-refractivity contribution in [1.29, 1.82) is 0 Å². The van der Waals surface area contributed by atoms with Crippen molar-refractivity contribution in [3.05, 3.63) is 124 Å². The molecule has 0 saturated carbocycles. The van der Waals surface area contributed by atoms with Gasteiger partial charge in [-0.2, -0.15) is 0 Å². The number of aromatic amines is 1. The number of hydrogen-bond acceptors (Lipinski definition) is 24. The van der Waals surface area contributed by atoms with E-state index in [-0.39, 0.29) is 99.9 Å². The number of carbonyl (C=O) groups excluding carboxylic acids is 8. The first-order chi connectivity index (χ1) is 39.2. The largest absolute Gasteiger partial charge is 0.506 e. The van der Waals surface area contributed by atoms with Crippen LogP contribution in [0.5, 0.6) is 5.75 Å². The maximum Gasteiger partial charge on any atom is 0.335 e. The first-order valence-electron chi connectivity index (χ1n) is 24.3. The van der Waals surface area contributed by atoms with Crippen molar-refractivity contribution in [1.82, 2.24) is 61.5 Å². The minimum Gasteiger partial charge on any atom is -0.506 e. The van der Waals surface area contributed by atoms with Crippen LogP contribution in [0.3, 0.4) is 0 Å². The highest BCUT2D eigenvalue weighted by atomic mass is 32.2. The Morgan fingerprint density at radius 1 is 0.817 bits per heavy atom. The number of aliphatic hydroxyl groups excluding tert-OH is 2. The van der Waals surface area contributed by atoms with Gasteiger partial charge in [-0.1, -0.05) is 36.5 Å². The number of nitrogens with zero attached hydrogens (tertiary/aromatic N) is 6. The fraction of sp³-hybridized carbons (Fsp3) is 0.216. The molecule has 11 N–H and O–H groups in total. The third-order valence-corrected chi connectivity index (χ3v) is 18.1. The number of aromatic nitrogens is 7. The predicted molar refractivity (Wildman–Crippen MR) is 305 cm³/mol. The van der Waals surface area contributed by atoms with Crippen LogP contribution in [0.25, 0.3) is 49.3 Å². The molecule has 0 fully saturated rings. The van der Waals surface area contributed by atoms with Gasteiger partial charge in [-0.3, -0.25) is 33.6 Å². The molecule has 2 aliphatic heterocycles. The van der Waals surface area contributed by atoms with E-state index in [0.29, 0.717) is 22.0 Å². The van der Waals surface area contributed by atoms with Gasteiger partial charge in [0.25, 0.3) is 29.5 Å². The number of aromatic hydroxyl groups is 1. The third-order valence-electron chi connectivity index (χ3n) is 12.6. The summed E-state index contributed by atoms with van der Waals surface area (Å²) in [6, 6.07) is 2.64. The number of pyridine rings is 1. The SMILES string of the molecule is C=C(NC(=O)c1csc(-c2nc3c(cc2O)-c2nc(cs2)C(=O)N[C@@H]([C@@H](C)O)C(=O)N/C(=C\C)c2nc(cs2)C(=O)N[C@@H]2CC(O)C(=O)OCc4cccc5[nH]c(c(C)c45)C(=O)SC[C@H](NC(=O)c4csc2n4)c2nc-3cs2)n1)C(N)=O. The Hall–Kier alpha value is -8.43. The first kappa shape index (κ1) is 56.8. The van der Waals surface area contributed by atoms with Crippen LogP contribution < -0.4 is 32.3 Å². The third kappa shape index (κ3) is 11.7. The number of rotatable bonds is 5.